The van der Waals surface area contributed by atoms with E-state index >= 15 is 0 Å². The Kier molecular flexibility index (Phi) is 3.36. The number of hydrogen-bond donors (Lipinski definition) is 0. The van der Waals surface area contributed by atoms with Crippen molar-refractivity contribution < 1.29 is 17.9 Å². The van der Waals surface area contributed by atoms with Gasteiger partial charge in [0.05, 0.1) is 17.6 Å². The summed E-state index contributed by atoms with van der Waals surface area (Å²) < 4.78 is 27.0. The number of benzene rings is 1. The first kappa shape index (κ1) is 12.0. The molecule has 0 atom stereocenters. The van der Waals surface area contributed by atoms with Gasteiger partial charge < -0.3 is 4.74 Å². The highest BCUT2D eigenvalue weighted by Crippen LogP contribution is 2.24. The third-order valence-electron chi connectivity index (χ3n) is 1.83. The Morgan fingerprint density at radius 1 is 1.40 bits per heavy atom. The molecule has 0 radical (unpaired) electrons. The second kappa shape index (κ2) is 4.20. The molecule has 1 rings (SSSR count). The molecule has 0 N–H and O–H groups in total. The smallest absolute Gasteiger partial charge is 0.261 e. The third-order valence-corrected chi connectivity index (χ3v) is 3.18. The first-order valence-corrected chi connectivity index (χ1v) is 6.31. The van der Waals surface area contributed by atoms with E-state index in [4.69, 9.17) is 15.4 Å². The molecule has 4 nitrogen and oxygen atoms in total. The average molecular weight is 249 g/mol. The van der Waals surface area contributed by atoms with Gasteiger partial charge in [-0.25, -0.2) is 8.42 Å². The van der Waals surface area contributed by atoms with Gasteiger partial charge in [0.1, 0.15) is 5.75 Å². The summed E-state index contributed by atoms with van der Waals surface area (Å²) in [5.41, 5.74) is 0.194. The third kappa shape index (κ3) is 2.70. The van der Waals surface area contributed by atoms with E-state index in [2.05, 4.69) is 0 Å². The second-order valence-corrected chi connectivity index (χ2v) is 5.42. The fourth-order valence-electron chi connectivity index (χ4n) is 1.11. The maximum Gasteiger partial charge on any atom is 0.261 e. The summed E-state index contributed by atoms with van der Waals surface area (Å²) in [6.45, 7) is 1.32. The number of methoxy groups -OCH3 is 1. The number of ketones is 1. The van der Waals surface area contributed by atoms with Gasteiger partial charge in [-0.1, -0.05) is 0 Å². The number of rotatable bonds is 3. The Hall–Kier alpha value is -1.07. The molecule has 6 heteroatoms. The Labute approximate surface area is 92.2 Å². The molecule has 0 bridgehead atoms. The van der Waals surface area contributed by atoms with E-state index in [1.165, 1.54) is 32.2 Å². The molecule has 0 fully saturated rings. The molecule has 0 saturated heterocycles. The summed E-state index contributed by atoms with van der Waals surface area (Å²) in [6, 6.07) is 3.88. The van der Waals surface area contributed by atoms with E-state index < -0.39 is 9.05 Å². The molecule has 15 heavy (non-hydrogen) atoms. The molecule has 0 spiro atoms. The number of carbonyl (C=O) groups excluding carboxylic acids is 1. The van der Waals surface area contributed by atoms with Gasteiger partial charge in [-0.3, -0.25) is 4.79 Å². The topological polar surface area (TPSA) is 60.4 Å². The molecule has 0 aliphatic carbocycles. The molecule has 0 heterocycles. The summed E-state index contributed by atoms with van der Waals surface area (Å²) in [5, 5.41) is 0. The Morgan fingerprint density at radius 2 is 2.00 bits per heavy atom. The quantitative estimate of drug-likeness (QED) is 0.605. The number of carbonyl (C=O) groups is 1. The summed E-state index contributed by atoms with van der Waals surface area (Å²) in [6.07, 6.45) is 0. The first-order valence-electron chi connectivity index (χ1n) is 4.00. The van der Waals surface area contributed by atoms with Crippen LogP contribution in [-0.4, -0.2) is 21.3 Å². The second-order valence-electron chi connectivity index (χ2n) is 2.86. The summed E-state index contributed by atoms with van der Waals surface area (Å²) in [4.78, 5) is 11.1. The van der Waals surface area contributed by atoms with Crippen LogP contribution in [0.15, 0.2) is 23.1 Å². The molecule has 0 amide bonds. The molecule has 0 unspecified atom stereocenters. The molecule has 1 aromatic carbocycles. The molecular weight excluding hydrogens is 240 g/mol. The van der Waals surface area contributed by atoms with Gasteiger partial charge in [0, 0.05) is 10.7 Å². The molecular formula is C9H9ClO4S. The SMILES string of the molecule is COc1ccc(S(=O)(=O)Cl)cc1C(C)=O. The first-order chi connectivity index (χ1) is 6.86. The Balaban J connectivity index is 3.42. The van der Waals surface area contributed by atoms with Crippen LogP contribution in [-0.2, 0) is 9.05 Å². The van der Waals surface area contributed by atoms with Gasteiger partial charge in [0.25, 0.3) is 9.05 Å². The maximum atomic E-state index is 11.2. The van der Waals surface area contributed by atoms with E-state index in [0.29, 0.717) is 5.75 Å². The predicted molar refractivity (Wildman–Crippen MR) is 56.0 cm³/mol. The van der Waals surface area contributed by atoms with Crippen molar-refractivity contribution in [3.05, 3.63) is 23.8 Å². The van der Waals surface area contributed by atoms with Crippen LogP contribution in [0.4, 0.5) is 0 Å². The van der Waals surface area contributed by atoms with Gasteiger partial charge in [-0.05, 0) is 25.1 Å². The average Bonchev–Trinajstić information content (AvgIpc) is 2.15. The fourth-order valence-corrected chi connectivity index (χ4v) is 1.89. The van der Waals surface area contributed by atoms with Crippen LogP contribution in [0.2, 0.25) is 0 Å². The van der Waals surface area contributed by atoms with E-state index in [9.17, 15) is 13.2 Å². The lowest BCUT2D eigenvalue weighted by molar-refractivity contribution is 0.101. The zero-order valence-electron chi connectivity index (χ0n) is 8.15. The Bertz CT molecular complexity index is 493. The van der Waals surface area contributed by atoms with E-state index in [-0.39, 0.29) is 16.2 Å². The minimum Gasteiger partial charge on any atom is -0.496 e. The number of halogens is 1. The molecule has 0 aromatic heterocycles. The van der Waals surface area contributed by atoms with Gasteiger partial charge in [0.2, 0.25) is 0 Å². The van der Waals surface area contributed by atoms with E-state index in [1.807, 2.05) is 0 Å². The zero-order chi connectivity index (χ0) is 11.6. The number of Topliss-reactive ketones (excluding diaryl/α,β-unsaturated/α-hetero) is 1. The fraction of sp³-hybridized carbons (Fsp3) is 0.222. The molecule has 0 aliphatic rings. The Morgan fingerprint density at radius 3 is 2.40 bits per heavy atom. The van der Waals surface area contributed by atoms with Crippen LogP contribution in [0.1, 0.15) is 17.3 Å². The van der Waals surface area contributed by atoms with Gasteiger partial charge in [-0.2, -0.15) is 0 Å². The van der Waals surface area contributed by atoms with Crippen molar-refractivity contribution in [2.24, 2.45) is 0 Å². The summed E-state index contributed by atoms with van der Waals surface area (Å²) in [5.74, 6) is 0.0422. The molecule has 82 valence electrons. The normalized spacial score (nSPS) is 11.1. The number of hydrogen-bond acceptors (Lipinski definition) is 4. The summed E-state index contributed by atoms with van der Waals surface area (Å²) in [7, 11) is 2.73. The maximum absolute atomic E-state index is 11.2. The standard InChI is InChI=1S/C9H9ClO4S/c1-6(11)8-5-7(15(10,12)13)3-4-9(8)14-2/h3-5H,1-2H3. The van der Waals surface area contributed by atoms with Crippen molar-refractivity contribution in [3.63, 3.8) is 0 Å². The van der Waals surface area contributed by atoms with Crippen molar-refractivity contribution in [1.29, 1.82) is 0 Å². The van der Waals surface area contributed by atoms with Gasteiger partial charge in [0.15, 0.2) is 5.78 Å². The van der Waals surface area contributed by atoms with Crippen molar-refractivity contribution >= 4 is 25.5 Å². The minimum atomic E-state index is -3.82. The van der Waals surface area contributed by atoms with E-state index in [0.717, 1.165) is 0 Å². The van der Waals surface area contributed by atoms with Gasteiger partial charge in [-0.15, -0.1) is 0 Å². The van der Waals surface area contributed by atoms with Crippen LogP contribution in [0.3, 0.4) is 0 Å². The van der Waals surface area contributed by atoms with Gasteiger partial charge >= 0.3 is 0 Å². The van der Waals surface area contributed by atoms with Crippen LogP contribution < -0.4 is 4.74 Å². The monoisotopic (exact) mass is 248 g/mol. The summed E-state index contributed by atoms with van der Waals surface area (Å²) >= 11 is 0. The molecule has 1 aromatic rings. The van der Waals surface area contributed by atoms with Crippen LogP contribution in [0.5, 0.6) is 5.75 Å². The van der Waals surface area contributed by atoms with E-state index in [1.54, 1.807) is 0 Å². The van der Waals surface area contributed by atoms with Crippen LogP contribution >= 0.6 is 10.7 Å². The van der Waals surface area contributed by atoms with Crippen molar-refractivity contribution in [2.45, 2.75) is 11.8 Å². The minimum absolute atomic E-state index is 0.116. The lowest BCUT2D eigenvalue weighted by Gasteiger charge is -2.06. The van der Waals surface area contributed by atoms with Crippen LogP contribution in [0, 0.1) is 0 Å². The lowest BCUT2D eigenvalue weighted by Crippen LogP contribution is -2.00. The largest absolute Gasteiger partial charge is 0.496 e. The highest BCUT2D eigenvalue weighted by atomic mass is 35.7. The van der Waals surface area contributed by atoms with Crippen LogP contribution in [0.25, 0.3) is 0 Å². The predicted octanol–water partition coefficient (Wildman–Crippen LogP) is 1.83. The van der Waals surface area contributed by atoms with Crippen molar-refractivity contribution in [1.82, 2.24) is 0 Å². The molecule has 0 saturated carbocycles. The number of ether oxygens (including phenoxy) is 1. The van der Waals surface area contributed by atoms with Crippen molar-refractivity contribution in [3.8, 4) is 5.75 Å². The highest BCUT2D eigenvalue weighted by Gasteiger charge is 2.15. The molecule has 0 aliphatic heterocycles. The zero-order valence-corrected chi connectivity index (χ0v) is 9.72. The lowest BCUT2D eigenvalue weighted by atomic mass is 10.1. The highest BCUT2D eigenvalue weighted by molar-refractivity contribution is 8.13. The van der Waals surface area contributed by atoms with Crippen molar-refractivity contribution in [2.75, 3.05) is 7.11 Å².